The number of hydrogen-bond donors (Lipinski definition) is 2. The Morgan fingerprint density at radius 2 is 1.87 bits per heavy atom. The van der Waals surface area contributed by atoms with Crippen molar-refractivity contribution in [1.29, 1.82) is 0 Å². The summed E-state index contributed by atoms with van der Waals surface area (Å²) in [4.78, 5) is 15.9. The van der Waals surface area contributed by atoms with Crippen LogP contribution in [0.25, 0.3) is 15.9 Å². The zero-order valence-corrected chi connectivity index (χ0v) is 22.9. The van der Waals surface area contributed by atoms with Crippen LogP contribution < -0.4 is 0 Å². The number of carbonyl (C=O) groups is 1. The molecular weight excluding hydrogens is 545 g/mol. The number of nitrogens with zero attached hydrogens (tertiary/aromatic N) is 3. The van der Waals surface area contributed by atoms with E-state index in [0.29, 0.717) is 58.6 Å². The molecule has 0 bridgehead atoms. The summed E-state index contributed by atoms with van der Waals surface area (Å²) in [7, 11) is 0. The zero-order chi connectivity index (χ0) is 26.4. The second kappa shape index (κ2) is 10.2. The van der Waals surface area contributed by atoms with E-state index >= 15 is 0 Å². The fourth-order valence-electron chi connectivity index (χ4n) is 5.26. The molecule has 2 N–H and O–H groups in total. The average Bonchev–Trinajstić information content (AvgIpc) is 3.51. The van der Waals surface area contributed by atoms with Crippen LogP contribution in [0, 0.1) is 5.92 Å². The number of aromatic nitrogens is 3. The van der Waals surface area contributed by atoms with Crippen LogP contribution in [0.4, 0.5) is 0 Å². The zero-order valence-electron chi connectivity index (χ0n) is 20.6. The summed E-state index contributed by atoms with van der Waals surface area (Å²) in [5.41, 5.74) is 2.81. The number of carboxylic acid groups (broad SMARTS) is 1. The van der Waals surface area contributed by atoms with Gasteiger partial charge in [0.25, 0.3) is 0 Å². The maximum absolute atomic E-state index is 11.4. The largest absolute Gasteiger partial charge is 0.478 e. The van der Waals surface area contributed by atoms with E-state index in [1.807, 2.05) is 29.1 Å². The quantitative estimate of drug-likeness (QED) is 0.237. The summed E-state index contributed by atoms with van der Waals surface area (Å²) in [6.45, 7) is 1.00. The van der Waals surface area contributed by atoms with Crippen molar-refractivity contribution in [3.63, 3.8) is 0 Å². The lowest BCUT2D eigenvalue weighted by Gasteiger charge is -2.34. The lowest BCUT2D eigenvalue weighted by atomic mass is 9.79. The smallest absolute Gasteiger partial charge is 0.335 e. The monoisotopic (exact) mass is 571 g/mol. The summed E-state index contributed by atoms with van der Waals surface area (Å²) < 4.78 is 8.84. The van der Waals surface area contributed by atoms with Crippen LogP contribution in [0.1, 0.15) is 71.1 Å². The molecule has 2 aromatic carbocycles. The second-order valence-corrected chi connectivity index (χ2v) is 12.1. The molecule has 2 saturated carbocycles. The molecule has 0 spiro atoms. The van der Waals surface area contributed by atoms with E-state index in [-0.39, 0.29) is 5.56 Å². The minimum atomic E-state index is -0.998. The predicted molar refractivity (Wildman–Crippen MR) is 148 cm³/mol. The lowest BCUT2D eigenvalue weighted by molar-refractivity contribution is -0.0305. The number of aliphatic hydroxyl groups is 1. The van der Waals surface area contributed by atoms with E-state index in [2.05, 4.69) is 10.1 Å². The van der Waals surface area contributed by atoms with Gasteiger partial charge in [0, 0.05) is 6.61 Å². The second-order valence-electron chi connectivity index (χ2n) is 10.3. The predicted octanol–water partition coefficient (Wildman–Crippen LogP) is 6.96. The molecule has 0 amide bonds. The van der Waals surface area contributed by atoms with Gasteiger partial charge in [-0.15, -0.1) is 11.3 Å². The van der Waals surface area contributed by atoms with E-state index < -0.39 is 11.6 Å². The number of fused-ring (bicyclic) bond motifs is 1. The van der Waals surface area contributed by atoms with Crippen molar-refractivity contribution in [2.75, 3.05) is 6.61 Å². The van der Waals surface area contributed by atoms with Crippen molar-refractivity contribution in [3.8, 4) is 5.69 Å². The van der Waals surface area contributed by atoms with Gasteiger partial charge in [-0.3, -0.25) is 0 Å². The summed E-state index contributed by atoms with van der Waals surface area (Å²) in [6.07, 6.45) is 7.03. The first kappa shape index (κ1) is 25.8. The van der Waals surface area contributed by atoms with Crippen molar-refractivity contribution in [2.45, 2.75) is 56.7 Å². The number of rotatable bonds is 8. The number of ether oxygens (including phenoxy) is 1. The molecule has 6 rings (SSSR count). The SMILES string of the molecule is O=C(O)c1ccc2nc(C3(O)CCC(COCc4c(C5CC5)cnn4-c4c(Cl)cccc4Cl)CC3)sc2c1. The highest BCUT2D eigenvalue weighted by molar-refractivity contribution is 7.18. The van der Waals surface area contributed by atoms with Gasteiger partial charge in [0.1, 0.15) is 16.3 Å². The molecule has 2 heterocycles. The molecule has 2 aliphatic carbocycles. The van der Waals surface area contributed by atoms with Crippen LogP contribution in [-0.4, -0.2) is 37.6 Å². The number of hydrogen-bond acceptors (Lipinski definition) is 6. The van der Waals surface area contributed by atoms with E-state index in [9.17, 15) is 15.0 Å². The molecule has 0 unspecified atom stereocenters. The van der Waals surface area contributed by atoms with Crippen molar-refractivity contribution in [1.82, 2.24) is 14.8 Å². The van der Waals surface area contributed by atoms with Crippen molar-refractivity contribution in [3.05, 3.63) is 74.5 Å². The highest BCUT2D eigenvalue weighted by Crippen LogP contribution is 2.44. The minimum Gasteiger partial charge on any atom is -0.478 e. The molecular formula is C28H27Cl2N3O4S. The van der Waals surface area contributed by atoms with Gasteiger partial charge in [0.2, 0.25) is 0 Å². The van der Waals surface area contributed by atoms with E-state index in [4.69, 9.17) is 27.9 Å². The Bertz CT molecular complexity index is 1490. The molecule has 7 nitrogen and oxygen atoms in total. The maximum atomic E-state index is 11.4. The third kappa shape index (κ3) is 4.96. The van der Waals surface area contributed by atoms with Crippen LogP contribution >= 0.6 is 34.5 Å². The maximum Gasteiger partial charge on any atom is 0.335 e. The Morgan fingerprint density at radius 3 is 2.55 bits per heavy atom. The molecule has 0 atom stereocenters. The Balaban J connectivity index is 1.11. The molecule has 2 fully saturated rings. The Morgan fingerprint density at radius 1 is 1.13 bits per heavy atom. The summed E-state index contributed by atoms with van der Waals surface area (Å²) in [5, 5.41) is 27.0. The number of thiazole rings is 1. The van der Waals surface area contributed by atoms with E-state index in [1.165, 1.54) is 16.9 Å². The summed E-state index contributed by atoms with van der Waals surface area (Å²) in [6, 6.07) is 10.3. The lowest BCUT2D eigenvalue weighted by Crippen LogP contribution is -2.32. The van der Waals surface area contributed by atoms with Gasteiger partial charge in [-0.1, -0.05) is 29.3 Å². The van der Waals surface area contributed by atoms with Gasteiger partial charge in [-0.25, -0.2) is 14.5 Å². The fourth-order valence-corrected chi connectivity index (χ4v) is 6.97. The first-order chi connectivity index (χ1) is 18.3. The summed E-state index contributed by atoms with van der Waals surface area (Å²) >= 11 is 14.3. The van der Waals surface area contributed by atoms with Crippen molar-refractivity contribution < 1.29 is 19.7 Å². The molecule has 4 aromatic rings. The van der Waals surface area contributed by atoms with Gasteiger partial charge < -0.3 is 14.9 Å². The first-order valence-corrected chi connectivity index (χ1v) is 14.4. The summed E-state index contributed by atoms with van der Waals surface area (Å²) in [5.74, 6) is -0.134. The average molecular weight is 573 g/mol. The topological polar surface area (TPSA) is 97.5 Å². The number of aromatic carboxylic acids is 1. The minimum absolute atomic E-state index is 0.225. The number of para-hydroxylation sites is 1. The first-order valence-electron chi connectivity index (χ1n) is 12.8. The molecule has 0 saturated heterocycles. The normalized spacial score (nSPS) is 21.7. The van der Waals surface area contributed by atoms with Crippen molar-refractivity contribution in [2.24, 2.45) is 5.92 Å². The third-order valence-corrected chi connectivity index (χ3v) is 9.45. The molecule has 2 aliphatic rings. The number of carboxylic acids is 1. The van der Waals surface area contributed by atoms with Crippen molar-refractivity contribution >= 4 is 50.7 Å². The van der Waals surface area contributed by atoms with E-state index in [1.54, 1.807) is 18.2 Å². The Kier molecular flexibility index (Phi) is 6.95. The molecule has 10 heteroatoms. The van der Waals surface area contributed by atoms with Gasteiger partial charge in [-0.2, -0.15) is 5.10 Å². The van der Waals surface area contributed by atoms with E-state index in [0.717, 1.165) is 41.6 Å². The van der Waals surface area contributed by atoms with Gasteiger partial charge in [-0.05, 0) is 86.3 Å². The molecule has 198 valence electrons. The van der Waals surface area contributed by atoms with Crippen LogP contribution in [0.5, 0.6) is 0 Å². The van der Waals surface area contributed by atoms with Crippen LogP contribution in [0.3, 0.4) is 0 Å². The highest BCUT2D eigenvalue weighted by Gasteiger charge is 2.38. The van der Waals surface area contributed by atoms with Gasteiger partial charge in [0.05, 0.1) is 44.3 Å². The van der Waals surface area contributed by atoms with Crippen LogP contribution in [0.15, 0.2) is 42.6 Å². The molecule has 2 aromatic heterocycles. The fraction of sp³-hybridized carbons (Fsp3) is 0.393. The van der Waals surface area contributed by atoms with Gasteiger partial charge in [0.15, 0.2) is 0 Å². The molecule has 38 heavy (non-hydrogen) atoms. The molecule has 0 radical (unpaired) electrons. The van der Waals surface area contributed by atoms with Gasteiger partial charge >= 0.3 is 5.97 Å². The Hall–Kier alpha value is -2.49. The standard InChI is InChI=1S/C28H27Cl2N3O4S/c29-20-2-1-3-21(30)25(20)33-23(19(13-31-33)17-4-5-17)15-37-14-16-8-10-28(36,11-9-16)27-32-22-7-6-18(26(34)35)12-24(22)38-27/h1-3,6-7,12-13,16-17,36H,4-5,8-11,14-15H2,(H,34,35). The van der Waals surface area contributed by atoms with Crippen LogP contribution in [-0.2, 0) is 16.9 Å². The Labute approximate surface area is 234 Å². The number of halogens is 2. The number of benzene rings is 2. The van der Waals surface area contributed by atoms with Crippen LogP contribution in [0.2, 0.25) is 10.0 Å². The molecule has 0 aliphatic heterocycles. The third-order valence-electron chi connectivity index (χ3n) is 7.63. The highest BCUT2D eigenvalue weighted by atomic mass is 35.5.